The van der Waals surface area contributed by atoms with Gasteiger partial charge in [0.25, 0.3) is 5.91 Å². The number of methoxy groups -OCH3 is 1. The smallest absolute Gasteiger partial charge is 0.274 e. The average Bonchev–Trinajstić information content (AvgIpc) is 2.57. The predicted octanol–water partition coefficient (Wildman–Crippen LogP) is 1.31. The van der Waals surface area contributed by atoms with Gasteiger partial charge in [0.15, 0.2) is 4.80 Å². The number of nitrogens with zero attached hydrogens (tertiary/aromatic N) is 2. The molecular formula is C11H12N2O2S. The Morgan fingerprint density at radius 3 is 2.94 bits per heavy atom. The molecule has 0 aliphatic carbocycles. The molecule has 0 bridgehead atoms. The van der Waals surface area contributed by atoms with Gasteiger partial charge in [0, 0.05) is 14.2 Å². The highest BCUT2D eigenvalue weighted by atomic mass is 32.1. The molecular weight excluding hydrogens is 224 g/mol. The van der Waals surface area contributed by atoms with Crippen LogP contribution in [0.2, 0.25) is 0 Å². The minimum absolute atomic E-state index is 0.0221. The molecule has 0 spiro atoms. The fraction of sp³-hybridized carbons (Fsp3) is 0.273. The largest absolute Gasteiger partial charge is 0.375 e. The number of aromatic nitrogens is 1. The van der Waals surface area contributed by atoms with Gasteiger partial charge in [-0.1, -0.05) is 23.5 Å². The lowest BCUT2D eigenvalue weighted by molar-refractivity contribution is -0.121. The van der Waals surface area contributed by atoms with E-state index in [9.17, 15) is 4.79 Å². The Morgan fingerprint density at radius 2 is 2.25 bits per heavy atom. The molecule has 0 aliphatic heterocycles. The highest BCUT2D eigenvalue weighted by molar-refractivity contribution is 7.16. The Hall–Kier alpha value is -1.46. The van der Waals surface area contributed by atoms with Crippen LogP contribution in [0, 0.1) is 0 Å². The fourth-order valence-electron chi connectivity index (χ4n) is 1.45. The van der Waals surface area contributed by atoms with Crippen LogP contribution in [-0.2, 0) is 16.6 Å². The van der Waals surface area contributed by atoms with Crippen molar-refractivity contribution < 1.29 is 9.53 Å². The predicted molar refractivity (Wildman–Crippen MR) is 63.2 cm³/mol. The van der Waals surface area contributed by atoms with Gasteiger partial charge in [0.2, 0.25) is 0 Å². The minimum atomic E-state index is -0.260. The summed E-state index contributed by atoms with van der Waals surface area (Å²) in [5.41, 5.74) is 1.08. The number of para-hydroxylation sites is 1. The van der Waals surface area contributed by atoms with Crippen molar-refractivity contribution in [1.29, 1.82) is 0 Å². The van der Waals surface area contributed by atoms with Crippen molar-refractivity contribution in [2.45, 2.75) is 0 Å². The van der Waals surface area contributed by atoms with E-state index in [4.69, 9.17) is 4.74 Å². The number of benzene rings is 1. The third-order valence-electron chi connectivity index (χ3n) is 2.20. The van der Waals surface area contributed by atoms with Crippen LogP contribution in [-0.4, -0.2) is 24.2 Å². The SMILES string of the molecule is COCC(=O)N=c1sc2ccccc2n1C. The summed E-state index contributed by atoms with van der Waals surface area (Å²) in [5, 5.41) is 0. The van der Waals surface area contributed by atoms with Crippen molar-refractivity contribution in [3.8, 4) is 0 Å². The molecule has 16 heavy (non-hydrogen) atoms. The van der Waals surface area contributed by atoms with Crippen molar-refractivity contribution in [2.24, 2.45) is 12.0 Å². The second-order valence-electron chi connectivity index (χ2n) is 3.35. The lowest BCUT2D eigenvalue weighted by Gasteiger charge is -1.94. The van der Waals surface area contributed by atoms with Gasteiger partial charge >= 0.3 is 0 Å². The van der Waals surface area contributed by atoms with Crippen molar-refractivity contribution in [2.75, 3.05) is 13.7 Å². The molecule has 1 heterocycles. The lowest BCUT2D eigenvalue weighted by atomic mass is 10.3. The van der Waals surface area contributed by atoms with E-state index in [0.29, 0.717) is 4.80 Å². The molecule has 0 fully saturated rings. The third-order valence-corrected chi connectivity index (χ3v) is 3.32. The zero-order valence-electron chi connectivity index (χ0n) is 9.14. The highest BCUT2D eigenvalue weighted by Crippen LogP contribution is 2.14. The molecule has 0 unspecified atom stereocenters. The van der Waals surface area contributed by atoms with Gasteiger partial charge in [-0.15, -0.1) is 0 Å². The Balaban J connectivity index is 2.53. The second kappa shape index (κ2) is 4.59. The first-order chi connectivity index (χ1) is 7.72. The highest BCUT2D eigenvalue weighted by Gasteiger charge is 2.03. The summed E-state index contributed by atoms with van der Waals surface area (Å²) in [4.78, 5) is 16.0. The number of carbonyl (C=O) groups is 1. The first-order valence-electron chi connectivity index (χ1n) is 4.83. The molecule has 2 rings (SSSR count). The fourth-order valence-corrected chi connectivity index (χ4v) is 2.49. The number of ether oxygens (including phenoxy) is 1. The van der Waals surface area contributed by atoms with Gasteiger partial charge in [-0.3, -0.25) is 4.79 Å². The molecule has 4 nitrogen and oxygen atoms in total. The zero-order valence-corrected chi connectivity index (χ0v) is 9.95. The number of amides is 1. The first-order valence-corrected chi connectivity index (χ1v) is 5.65. The summed E-state index contributed by atoms with van der Waals surface area (Å²) in [6, 6.07) is 7.96. The number of fused-ring (bicyclic) bond motifs is 1. The number of hydrogen-bond acceptors (Lipinski definition) is 3. The van der Waals surface area contributed by atoms with Crippen molar-refractivity contribution >= 4 is 27.5 Å². The molecule has 2 aromatic rings. The number of carbonyl (C=O) groups excluding carboxylic acids is 1. The Morgan fingerprint density at radius 1 is 1.50 bits per heavy atom. The summed E-state index contributed by atoms with van der Waals surface area (Å²) in [6.45, 7) is 0.0221. The molecule has 1 aromatic heterocycles. The monoisotopic (exact) mass is 236 g/mol. The number of thiazole rings is 1. The standard InChI is InChI=1S/C11H12N2O2S/c1-13-8-5-3-4-6-9(8)16-11(13)12-10(14)7-15-2/h3-6H,7H2,1-2H3. The van der Waals surface area contributed by atoms with Crippen molar-refractivity contribution in [3.05, 3.63) is 29.1 Å². The molecule has 0 saturated heterocycles. The number of aryl methyl sites for hydroxylation is 1. The first kappa shape index (κ1) is 11.0. The van der Waals surface area contributed by atoms with Crippen LogP contribution >= 0.6 is 11.3 Å². The maximum atomic E-state index is 11.3. The normalized spacial score (nSPS) is 12.2. The van der Waals surface area contributed by atoms with Crippen LogP contribution in [0.5, 0.6) is 0 Å². The van der Waals surface area contributed by atoms with Crippen LogP contribution in [0.3, 0.4) is 0 Å². The number of hydrogen-bond donors (Lipinski definition) is 0. The molecule has 1 aromatic carbocycles. The molecule has 0 N–H and O–H groups in total. The van der Waals surface area contributed by atoms with E-state index in [1.54, 1.807) is 0 Å². The molecule has 0 aliphatic rings. The van der Waals surface area contributed by atoms with E-state index in [2.05, 4.69) is 4.99 Å². The van der Waals surface area contributed by atoms with E-state index >= 15 is 0 Å². The van der Waals surface area contributed by atoms with E-state index in [1.165, 1.54) is 18.4 Å². The van der Waals surface area contributed by atoms with E-state index < -0.39 is 0 Å². The van der Waals surface area contributed by atoms with Gasteiger partial charge in [-0.25, -0.2) is 0 Å². The van der Waals surface area contributed by atoms with Crippen LogP contribution in [0.1, 0.15) is 0 Å². The Bertz CT molecular complexity index is 583. The molecule has 0 radical (unpaired) electrons. The van der Waals surface area contributed by atoms with E-state index in [-0.39, 0.29) is 12.5 Å². The molecule has 0 atom stereocenters. The van der Waals surface area contributed by atoms with Gasteiger partial charge in [-0.2, -0.15) is 4.99 Å². The maximum absolute atomic E-state index is 11.3. The van der Waals surface area contributed by atoms with Crippen LogP contribution in [0.15, 0.2) is 29.3 Å². The number of rotatable bonds is 2. The zero-order chi connectivity index (χ0) is 11.5. The summed E-state index contributed by atoms with van der Waals surface area (Å²) in [6.07, 6.45) is 0. The van der Waals surface area contributed by atoms with Crippen LogP contribution in [0.4, 0.5) is 0 Å². The summed E-state index contributed by atoms with van der Waals surface area (Å²) >= 11 is 1.50. The van der Waals surface area contributed by atoms with Crippen molar-refractivity contribution in [3.63, 3.8) is 0 Å². The van der Waals surface area contributed by atoms with Crippen LogP contribution in [0.25, 0.3) is 10.2 Å². The van der Waals surface area contributed by atoms with Crippen molar-refractivity contribution in [1.82, 2.24) is 4.57 Å². The van der Waals surface area contributed by atoms with Crippen LogP contribution < -0.4 is 4.80 Å². The molecule has 5 heteroatoms. The summed E-state index contributed by atoms with van der Waals surface area (Å²) in [5.74, 6) is -0.260. The van der Waals surface area contributed by atoms with Gasteiger partial charge in [-0.05, 0) is 12.1 Å². The molecule has 1 amide bonds. The van der Waals surface area contributed by atoms with Gasteiger partial charge < -0.3 is 9.30 Å². The topological polar surface area (TPSA) is 43.6 Å². The maximum Gasteiger partial charge on any atom is 0.274 e. The van der Waals surface area contributed by atoms with E-state index in [1.807, 2.05) is 35.9 Å². The lowest BCUT2D eigenvalue weighted by Crippen LogP contribution is -2.15. The summed E-state index contributed by atoms with van der Waals surface area (Å²) < 4.78 is 7.77. The second-order valence-corrected chi connectivity index (χ2v) is 4.36. The Labute approximate surface area is 96.8 Å². The quantitative estimate of drug-likeness (QED) is 0.789. The average molecular weight is 236 g/mol. The van der Waals surface area contributed by atoms with Gasteiger partial charge in [0.05, 0.1) is 10.2 Å². The molecule has 84 valence electrons. The van der Waals surface area contributed by atoms with E-state index in [0.717, 1.165) is 10.2 Å². The molecule has 0 saturated carbocycles. The third kappa shape index (κ3) is 2.05. The summed E-state index contributed by atoms with van der Waals surface area (Å²) in [7, 11) is 3.39. The minimum Gasteiger partial charge on any atom is -0.375 e. The van der Waals surface area contributed by atoms with Gasteiger partial charge in [0.1, 0.15) is 6.61 Å². The Kier molecular flexibility index (Phi) is 3.17.